The molecule has 0 radical (unpaired) electrons. The van der Waals surface area contributed by atoms with Gasteiger partial charge in [0, 0.05) is 19.6 Å². The third-order valence-corrected chi connectivity index (χ3v) is 4.34. The highest BCUT2D eigenvalue weighted by molar-refractivity contribution is 5.85. The van der Waals surface area contributed by atoms with Crippen molar-refractivity contribution >= 4 is 18.3 Å². The Kier molecular flexibility index (Phi) is 6.45. The molecule has 1 heterocycles. The molecule has 0 saturated carbocycles. The second-order valence-corrected chi connectivity index (χ2v) is 6.50. The number of hydrogen-bond acceptors (Lipinski definition) is 3. The van der Waals surface area contributed by atoms with Crippen LogP contribution < -0.4 is 15.4 Å². The molecule has 1 amide bonds. The van der Waals surface area contributed by atoms with Crippen LogP contribution in [0.2, 0.25) is 0 Å². The number of nitrogens with one attached hydrogen (secondary N) is 2. The fourth-order valence-electron chi connectivity index (χ4n) is 3.24. The molecule has 134 valence electrons. The molecule has 4 nitrogen and oxygen atoms in total. The predicted molar refractivity (Wildman–Crippen MR) is 102 cm³/mol. The van der Waals surface area contributed by atoms with Crippen molar-refractivity contribution in [3.8, 4) is 5.75 Å². The first-order valence-corrected chi connectivity index (χ1v) is 8.31. The van der Waals surface area contributed by atoms with Crippen molar-refractivity contribution in [2.75, 3.05) is 6.61 Å². The number of carbonyl (C=O) groups is 1. The first-order chi connectivity index (χ1) is 11.5. The molecule has 1 aliphatic heterocycles. The first-order valence-electron chi connectivity index (χ1n) is 8.31. The van der Waals surface area contributed by atoms with Crippen LogP contribution in [0.3, 0.4) is 0 Å². The Morgan fingerprint density at radius 1 is 1.08 bits per heavy atom. The summed E-state index contributed by atoms with van der Waals surface area (Å²) in [4.78, 5) is 12.1. The first kappa shape index (κ1) is 19.3. The van der Waals surface area contributed by atoms with E-state index in [2.05, 4.69) is 47.9 Å². The van der Waals surface area contributed by atoms with Gasteiger partial charge in [-0.1, -0.05) is 35.9 Å². The molecule has 5 heteroatoms. The number of amides is 1. The lowest BCUT2D eigenvalue weighted by atomic mass is 10.1. The molecule has 2 aromatic carbocycles. The Morgan fingerprint density at radius 3 is 2.48 bits per heavy atom. The number of hydrogen-bond donors (Lipinski definition) is 2. The third kappa shape index (κ3) is 4.74. The Hall–Kier alpha value is -2.04. The predicted octanol–water partition coefficient (Wildman–Crippen LogP) is 3.33. The monoisotopic (exact) mass is 360 g/mol. The minimum atomic E-state index is -0.104. The van der Waals surface area contributed by atoms with Crippen LogP contribution >= 0.6 is 12.4 Å². The summed E-state index contributed by atoms with van der Waals surface area (Å²) < 4.78 is 5.72. The van der Waals surface area contributed by atoms with Crippen molar-refractivity contribution in [1.29, 1.82) is 0 Å². The molecule has 0 aliphatic carbocycles. The van der Waals surface area contributed by atoms with E-state index in [0.29, 0.717) is 6.54 Å². The SMILES string of the molecule is Cc1cc(C)c(OCC(=O)NCc2ccc3c(c2)CNC3)c(C)c1.Cl. The van der Waals surface area contributed by atoms with Gasteiger partial charge in [-0.3, -0.25) is 4.79 Å². The fraction of sp³-hybridized carbons (Fsp3) is 0.350. The number of aryl methyl sites for hydroxylation is 3. The molecule has 25 heavy (non-hydrogen) atoms. The van der Waals surface area contributed by atoms with Crippen molar-refractivity contribution in [2.24, 2.45) is 0 Å². The van der Waals surface area contributed by atoms with Gasteiger partial charge in [0.05, 0.1) is 0 Å². The zero-order chi connectivity index (χ0) is 17.1. The average molecular weight is 361 g/mol. The van der Waals surface area contributed by atoms with E-state index in [1.54, 1.807) is 0 Å². The van der Waals surface area contributed by atoms with Gasteiger partial charge < -0.3 is 15.4 Å². The highest BCUT2D eigenvalue weighted by atomic mass is 35.5. The highest BCUT2D eigenvalue weighted by Crippen LogP contribution is 2.24. The molecule has 0 bridgehead atoms. The molecule has 0 unspecified atom stereocenters. The quantitative estimate of drug-likeness (QED) is 0.859. The molecule has 3 rings (SSSR count). The molecule has 0 aromatic heterocycles. The van der Waals surface area contributed by atoms with Crippen molar-refractivity contribution < 1.29 is 9.53 Å². The molecule has 0 atom stereocenters. The molecule has 0 saturated heterocycles. The topological polar surface area (TPSA) is 50.4 Å². The van der Waals surface area contributed by atoms with E-state index >= 15 is 0 Å². The van der Waals surface area contributed by atoms with Gasteiger partial charge >= 0.3 is 0 Å². The molecule has 2 N–H and O–H groups in total. The summed E-state index contributed by atoms with van der Waals surface area (Å²) in [5.41, 5.74) is 7.11. The lowest BCUT2D eigenvalue weighted by Gasteiger charge is -2.13. The lowest BCUT2D eigenvalue weighted by Crippen LogP contribution is -2.28. The van der Waals surface area contributed by atoms with E-state index < -0.39 is 0 Å². The minimum Gasteiger partial charge on any atom is -0.483 e. The van der Waals surface area contributed by atoms with E-state index in [4.69, 9.17) is 4.74 Å². The molecular formula is C20H25ClN2O2. The average Bonchev–Trinajstić information content (AvgIpc) is 2.99. The Bertz CT molecular complexity index is 751. The smallest absolute Gasteiger partial charge is 0.258 e. The van der Waals surface area contributed by atoms with E-state index in [1.807, 2.05) is 13.8 Å². The van der Waals surface area contributed by atoms with Gasteiger partial charge in [-0.05, 0) is 48.6 Å². The Balaban J connectivity index is 0.00000225. The van der Waals surface area contributed by atoms with Crippen LogP contribution in [0.15, 0.2) is 30.3 Å². The standard InChI is InChI=1S/C20H24N2O2.ClH/c1-13-6-14(2)20(15(3)7-13)24-12-19(23)22-9-16-4-5-17-10-21-11-18(17)8-16;/h4-8,21H,9-12H2,1-3H3,(H,22,23);1H. The zero-order valence-corrected chi connectivity index (χ0v) is 15.8. The molecule has 0 spiro atoms. The number of carbonyl (C=O) groups excluding carboxylic acids is 1. The second kappa shape index (κ2) is 8.37. The largest absolute Gasteiger partial charge is 0.483 e. The van der Waals surface area contributed by atoms with Crippen molar-refractivity contribution in [3.05, 3.63) is 63.7 Å². The maximum Gasteiger partial charge on any atom is 0.258 e. The summed E-state index contributed by atoms with van der Waals surface area (Å²) >= 11 is 0. The van der Waals surface area contributed by atoms with Crippen LogP contribution in [0.5, 0.6) is 5.75 Å². The number of ether oxygens (including phenoxy) is 1. The van der Waals surface area contributed by atoms with Crippen LogP contribution in [-0.4, -0.2) is 12.5 Å². The Labute approximate surface area is 155 Å². The van der Waals surface area contributed by atoms with E-state index in [1.165, 1.54) is 16.7 Å². The highest BCUT2D eigenvalue weighted by Gasteiger charge is 2.11. The number of rotatable bonds is 5. The van der Waals surface area contributed by atoms with Crippen LogP contribution in [-0.2, 0) is 24.4 Å². The van der Waals surface area contributed by atoms with Crippen molar-refractivity contribution in [1.82, 2.24) is 10.6 Å². The van der Waals surface area contributed by atoms with E-state index in [-0.39, 0.29) is 24.9 Å². The fourth-order valence-corrected chi connectivity index (χ4v) is 3.24. The maximum absolute atomic E-state index is 12.1. The van der Waals surface area contributed by atoms with Crippen LogP contribution in [0.1, 0.15) is 33.4 Å². The summed E-state index contributed by atoms with van der Waals surface area (Å²) in [6.07, 6.45) is 0. The third-order valence-electron chi connectivity index (χ3n) is 4.34. The number of benzene rings is 2. The van der Waals surface area contributed by atoms with Gasteiger partial charge in [-0.25, -0.2) is 0 Å². The molecule has 1 aliphatic rings. The van der Waals surface area contributed by atoms with Gasteiger partial charge in [0.2, 0.25) is 0 Å². The Morgan fingerprint density at radius 2 is 1.76 bits per heavy atom. The van der Waals surface area contributed by atoms with Gasteiger partial charge in [0.25, 0.3) is 5.91 Å². The van der Waals surface area contributed by atoms with Crippen molar-refractivity contribution in [3.63, 3.8) is 0 Å². The lowest BCUT2D eigenvalue weighted by molar-refractivity contribution is -0.123. The van der Waals surface area contributed by atoms with E-state index in [9.17, 15) is 4.79 Å². The normalized spacial score (nSPS) is 12.3. The van der Waals surface area contributed by atoms with Crippen LogP contribution in [0, 0.1) is 20.8 Å². The van der Waals surface area contributed by atoms with Crippen LogP contribution in [0.4, 0.5) is 0 Å². The van der Waals surface area contributed by atoms with Gasteiger partial charge in [-0.2, -0.15) is 0 Å². The summed E-state index contributed by atoms with van der Waals surface area (Å²) in [5.74, 6) is 0.701. The summed E-state index contributed by atoms with van der Waals surface area (Å²) in [6.45, 7) is 8.48. The van der Waals surface area contributed by atoms with Crippen molar-refractivity contribution in [2.45, 2.75) is 40.4 Å². The van der Waals surface area contributed by atoms with E-state index in [0.717, 1.165) is 35.5 Å². The summed E-state index contributed by atoms with van der Waals surface area (Å²) in [7, 11) is 0. The molecule has 0 fully saturated rings. The summed E-state index contributed by atoms with van der Waals surface area (Å²) in [5, 5.41) is 6.25. The van der Waals surface area contributed by atoms with Gasteiger partial charge in [0.1, 0.15) is 5.75 Å². The molecule has 2 aromatic rings. The number of fused-ring (bicyclic) bond motifs is 1. The van der Waals surface area contributed by atoms with Gasteiger partial charge in [-0.15, -0.1) is 12.4 Å². The number of halogens is 1. The zero-order valence-electron chi connectivity index (χ0n) is 14.9. The molecular weight excluding hydrogens is 336 g/mol. The van der Waals surface area contributed by atoms with Gasteiger partial charge in [0.15, 0.2) is 6.61 Å². The minimum absolute atomic E-state index is 0. The summed E-state index contributed by atoms with van der Waals surface area (Å²) in [6, 6.07) is 10.5. The second-order valence-electron chi connectivity index (χ2n) is 6.50. The maximum atomic E-state index is 12.1. The van der Waals surface area contributed by atoms with Crippen LogP contribution in [0.25, 0.3) is 0 Å².